The number of nitrogens with two attached hydrogens (primary N) is 1. The minimum absolute atomic E-state index is 0.0847. The van der Waals surface area contributed by atoms with Gasteiger partial charge in [-0.15, -0.1) is 0 Å². The molecule has 1 saturated carbocycles. The van der Waals surface area contributed by atoms with Crippen LogP contribution in [0.25, 0.3) is 0 Å². The molecule has 0 aromatic heterocycles. The van der Waals surface area contributed by atoms with Crippen molar-refractivity contribution in [3.8, 4) is 0 Å². The van der Waals surface area contributed by atoms with Crippen molar-refractivity contribution < 1.29 is 5.11 Å². The Balaban J connectivity index is 1.87. The van der Waals surface area contributed by atoms with E-state index in [1.807, 2.05) is 0 Å². The number of hydrogen-bond donors (Lipinski definition) is 2. The predicted molar refractivity (Wildman–Crippen MR) is 61.6 cm³/mol. The molecule has 3 nitrogen and oxygen atoms in total. The zero-order chi connectivity index (χ0) is 10.8. The molecule has 0 aromatic rings. The van der Waals surface area contributed by atoms with Crippen LogP contribution in [0.1, 0.15) is 39.0 Å². The number of nitrogens with zero attached hydrogens (tertiary/aromatic N) is 1. The molecule has 88 valence electrons. The molecule has 15 heavy (non-hydrogen) atoms. The van der Waals surface area contributed by atoms with E-state index in [1.165, 1.54) is 19.3 Å². The van der Waals surface area contributed by atoms with E-state index in [4.69, 9.17) is 5.73 Å². The van der Waals surface area contributed by atoms with Gasteiger partial charge < -0.3 is 10.8 Å². The first kappa shape index (κ1) is 11.4. The molecule has 0 spiro atoms. The first-order valence-corrected chi connectivity index (χ1v) is 6.34. The Kier molecular flexibility index (Phi) is 3.65. The van der Waals surface area contributed by atoms with Crippen molar-refractivity contribution in [3.63, 3.8) is 0 Å². The highest BCUT2D eigenvalue weighted by molar-refractivity contribution is 4.86. The van der Waals surface area contributed by atoms with Crippen LogP contribution in [0.15, 0.2) is 0 Å². The smallest absolute Gasteiger partial charge is 0.0590 e. The molecule has 0 aromatic carbocycles. The molecule has 0 bridgehead atoms. The van der Waals surface area contributed by atoms with Gasteiger partial charge >= 0.3 is 0 Å². The quantitative estimate of drug-likeness (QED) is 0.680. The third-order valence-corrected chi connectivity index (χ3v) is 4.09. The van der Waals surface area contributed by atoms with E-state index in [1.54, 1.807) is 0 Å². The van der Waals surface area contributed by atoms with E-state index in [2.05, 4.69) is 11.8 Å². The molecular formula is C12H24N2O. The van der Waals surface area contributed by atoms with Crippen LogP contribution >= 0.6 is 0 Å². The lowest BCUT2D eigenvalue weighted by atomic mass is 9.87. The zero-order valence-electron chi connectivity index (χ0n) is 9.73. The fraction of sp³-hybridized carbons (Fsp3) is 1.00. The molecule has 3 heteroatoms. The number of aliphatic hydroxyl groups is 1. The molecule has 0 amide bonds. The lowest BCUT2D eigenvalue weighted by Crippen LogP contribution is -2.49. The first-order valence-electron chi connectivity index (χ1n) is 6.34. The van der Waals surface area contributed by atoms with Gasteiger partial charge in [0.2, 0.25) is 0 Å². The van der Waals surface area contributed by atoms with Gasteiger partial charge in [0.15, 0.2) is 0 Å². The van der Waals surface area contributed by atoms with Crippen molar-refractivity contribution in [2.45, 2.75) is 57.2 Å². The van der Waals surface area contributed by atoms with Gasteiger partial charge in [0.1, 0.15) is 0 Å². The highest BCUT2D eigenvalue weighted by atomic mass is 16.3. The van der Waals surface area contributed by atoms with Crippen molar-refractivity contribution >= 4 is 0 Å². The molecule has 3 N–H and O–H groups in total. The van der Waals surface area contributed by atoms with Gasteiger partial charge in [-0.25, -0.2) is 0 Å². The van der Waals surface area contributed by atoms with E-state index >= 15 is 0 Å². The fourth-order valence-electron chi connectivity index (χ4n) is 3.03. The van der Waals surface area contributed by atoms with Gasteiger partial charge in [-0.2, -0.15) is 0 Å². The van der Waals surface area contributed by atoms with Crippen molar-refractivity contribution in [1.82, 2.24) is 4.90 Å². The van der Waals surface area contributed by atoms with Crippen molar-refractivity contribution in [2.75, 3.05) is 13.1 Å². The minimum atomic E-state index is -0.0847. The molecule has 4 atom stereocenters. The summed E-state index contributed by atoms with van der Waals surface area (Å²) >= 11 is 0. The Hall–Kier alpha value is -0.120. The lowest BCUT2D eigenvalue weighted by molar-refractivity contribution is 0.00840. The van der Waals surface area contributed by atoms with Crippen LogP contribution in [-0.2, 0) is 0 Å². The molecule has 0 radical (unpaired) electrons. The van der Waals surface area contributed by atoms with Gasteiger partial charge in [0.05, 0.1) is 6.10 Å². The number of likely N-dealkylation sites (tertiary alicyclic amines) is 1. The monoisotopic (exact) mass is 212 g/mol. The maximum atomic E-state index is 9.69. The van der Waals surface area contributed by atoms with Gasteiger partial charge in [-0.3, -0.25) is 4.90 Å². The normalized spacial score (nSPS) is 44.2. The number of hydrogen-bond acceptors (Lipinski definition) is 3. The molecular weight excluding hydrogens is 188 g/mol. The van der Waals surface area contributed by atoms with Crippen molar-refractivity contribution in [3.05, 3.63) is 0 Å². The highest BCUT2D eigenvalue weighted by Crippen LogP contribution is 2.26. The SMILES string of the molecule is CC1CN(C2CCCC(N)C2)CCC1O. The molecule has 2 fully saturated rings. The Morgan fingerprint density at radius 1 is 1.27 bits per heavy atom. The Labute approximate surface area is 92.6 Å². The van der Waals surface area contributed by atoms with Crippen molar-refractivity contribution in [2.24, 2.45) is 11.7 Å². The molecule has 2 rings (SSSR count). The average molecular weight is 212 g/mol. The van der Waals surface area contributed by atoms with Gasteiger partial charge in [-0.05, 0) is 31.6 Å². The maximum Gasteiger partial charge on any atom is 0.0590 e. The zero-order valence-corrected chi connectivity index (χ0v) is 9.73. The average Bonchev–Trinajstić information content (AvgIpc) is 2.22. The van der Waals surface area contributed by atoms with E-state index in [0.29, 0.717) is 18.0 Å². The van der Waals surface area contributed by atoms with Crippen LogP contribution in [0.4, 0.5) is 0 Å². The van der Waals surface area contributed by atoms with E-state index in [-0.39, 0.29) is 6.10 Å². The third-order valence-electron chi connectivity index (χ3n) is 4.09. The standard InChI is InChI=1S/C12H24N2O/c1-9-8-14(6-5-12(9)15)11-4-2-3-10(13)7-11/h9-12,15H,2-8,13H2,1H3. The Bertz CT molecular complexity index is 210. The summed E-state index contributed by atoms with van der Waals surface area (Å²) in [5, 5.41) is 9.69. The van der Waals surface area contributed by atoms with Gasteiger partial charge in [0, 0.05) is 25.2 Å². The number of rotatable bonds is 1. The largest absolute Gasteiger partial charge is 0.393 e. The second kappa shape index (κ2) is 4.81. The number of piperidine rings is 1. The van der Waals surface area contributed by atoms with Crippen LogP contribution in [0, 0.1) is 5.92 Å². The summed E-state index contributed by atoms with van der Waals surface area (Å²) in [5.74, 6) is 0.428. The highest BCUT2D eigenvalue weighted by Gasteiger charge is 2.30. The predicted octanol–water partition coefficient (Wildman–Crippen LogP) is 0.959. The Morgan fingerprint density at radius 3 is 2.73 bits per heavy atom. The van der Waals surface area contributed by atoms with Gasteiger partial charge in [-0.1, -0.05) is 13.3 Å². The van der Waals surface area contributed by atoms with E-state index in [9.17, 15) is 5.11 Å². The summed E-state index contributed by atoms with van der Waals surface area (Å²) in [4.78, 5) is 2.55. The summed E-state index contributed by atoms with van der Waals surface area (Å²) in [6.07, 6.45) is 5.78. The van der Waals surface area contributed by atoms with Crippen LogP contribution < -0.4 is 5.73 Å². The number of aliphatic hydroxyl groups excluding tert-OH is 1. The topological polar surface area (TPSA) is 49.5 Å². The van der Waals surface area contributed by atoms with Gasteiger partial charge in [0.25, 0.3) is 0 Å². The van der Waals surface area contributed by atoms with Crippen LogP contribution in [-0.4, -0.2) is 41.3 Å². The summed E-state index contributed by atoms with van der Waals surface area (Å²) in [5.41, 5.74) is 6.02. The lowest BCUT2D eigenvalue weighted by Gasteiger charge is -2.42. The van der Waals surface area contributed by atoms with Crippen LogP contribution in [0.3, 0.4) is 0 Å². The van der Waals surface area contributed by atoms with Crippen LogP contribution in [0.5, 0.6) is 0 Å². The molecule has 1 aliphatic carbocycles. The Morgan fingerprint density at radius 2 is 2.07 bits per heavy atom. The summed E-state index contributed by atoms with van der Waals surface area (Å²) in [6, 6.07) is 1.09. The van der Waals surface area contributed by atoms with Crippen molar-refractivity contribution in [1.29, 1.82) is 0 Å². The summed E-state index contributed by atoms with van der Waals surface area (Å²) < 4.78 is 0. The molecule has 4 unspecified atom stereocenters. The van der Waals surface area contributed by atoms with E-state index < -0.39 is 0 Å². The molecule has 2 aliphatic rings. The third kappa shape index (κ3) is 2.71. The van der Waals surface area contributed by atoms with E-state index in [0.717, 1.165) is 25.9 Å². The molecule has 1 saturated heterocycles. The van der Waals surface area contributed by atoms with Crippen LogP contribution in [0.2, 0.25) is 0 Å². The maximum absolute atomic E-state index is 9.69. The summed E-state index contributed by atoms with van der Waals surface area (Å²) in [7, 11) is 0. The fourth-order valence-corrected chi connectivity index (χ4v) is 3.03. The molecule has 1 heterocycles. The molecule has 1 aliphatic heterocycles. The second-order valence-electron chi connectivity index (χ2n) is 5.41. The summed E-state index contributed by atoms with van der Waals surface area (Å²) in [6.45, 7) is 4.26. The minimum Gasteiger partial charge on any atom is -0.393 e. The second-order valence-corrected chi connectivity index (χ2v) is 5.41. The first-order chi connectivity index (χ1) is 7.16.